The van der Waals surface area contributed by atoms with Gasteiger partial charge in [0.15, 0.2) is 11.5 Å². The van der Waals surface area contributed by atoms with Crippen LogP contribution in [-0.2, 0) is 6.54 Å². The van der Waals surface area contributed by atoms with E-state index in [0.29, 0.717) is 6.61 Å². The van der Waals surface area contributed by atoms with Crippen molar-refractivity contribution in [1.82, 2.24) is 5.32 Å². The third-order valence-corrected chi connectivity index (χ3v) is 4.38. The minimum atomic E-state index is 0.0523. The molecule has 3 rings (SSSR count). The Balaban J connectivity index is 1.51. The number of benzene rings is 2. The fraction of sp³-hybridized carbons (Fsp3) is 0.294. The van der Waals surface area contributed by atoms with Crippen molar-refractivity contribution in [1.29, 1.82) is 0 Å². The molecular formula is C17H18BrNO2. The molecule has 0 radical (unpaired) electrons. The summed E-state index contributed by atoms with van der Waals surface area (Å²) in [4.78, 5) is 0. The maximum absolute atomic E-state index is 5.92. The van der Waals surface area contributed by atoms with Crippen molar-refractivity contribution in [3.05, 3.63) is 58.1 Å². The van der Waals surface area contributed by atoms with Gasteiger partial charge in [0, 0.05) is 17.6 Å². The van der Waals surface area contributed by atoms with Gasteiger partial charge in [-0.05, 0) is 36.2 Å². The molecule has 2 aromatic rings. The number of ether oxygens (including phenoxy) is 2. The summed E-state index contributed by atoms with van der Waals surface area (Å²) in [5, 5.41) is 3.43. The van der Waals surface area contributed by atoms with Gasteiger partial charge < -0.3 is 14.8 Å². The average molecular weight is 348 g/mol. The predicted octanol–water partition coefficient (Wildman–Crippen LogP) is 3.69. The summed E-state index contributed by atoms with van der Waals surface area (Å²) in [5.74, 6) is 1.66. The quantitative estimate of drug-likeness (QED) is 0.914. The number of hydrogen-bond acceptors (Lipinski definition) is 3. The van der Waals surface area contributed by atoms with Crippen LogP contribution in [-0.4, -0.2) is 19.3 Å². The Kier molecular flexibility index (Phi) is 4.46. The van der Waals surface area contributed by atoms with Crippen LogP contribution in [0.2, 0.25) is 0 Å². The van der Waals surface area contributed by atoms with Gasteiger partial charge >= 0.3 is 0 Å². The second-order valence-corrected chi connectivity index (χ2v) is 6.07. The highest BCUT2D eigenvalue weighted by atomic mass is 79.9. The first-order valence-electron chi connectivity index (χ1n) is 7.06. The van der Waals surface area contributed by atoms with Crippen molar-refractivity contribution < 1.29 is 9.47 Å². The second kappa shape index (κ2) is 6.50. The highest BCUT2D eigenvalue weighted by molar-refractivity contribution is 9.10. The molecule has 1 unspecified atom stereocenters. The van der Waals surface area contributed by atoms with Crippen molar-refractivity contribution in [2.24, 2.45) is 0 Å². The highest BCUT2D eigenvalue weighted by Crippen LogP contribution is 2.30. The Morgan fingerprint density at radius 1 is 1.19 bits per heavy atom. The van der Waals surface area contributed by atoms with Crippen LogP contribution in [0.25, 0.3) is 0 Å². The van der Waals surface area contributed by atoms with Gasteiger partial charge in [-0.2, -0.15) is 0 Å². The smallest absolute Gasteiger partial charge is 0.161 e. The highest BCUT2D eigenvalue weighted by Gasteiger charge is 2.19. The molecule has 1 aliphatic heterocycles. The van der Waals surface area contributed by atoms with Crippen LogP contribution in [0.3, 0.4) is 0 Å². The van der Waals surface area contributed by atoms with Gasteiger partial charge in [0.25, 0.3) is 0 Å². The lowest BCUT2D eigenvalue weighted by Crippen LogP contribution is -2.38. The summed E-state index contributed by atoms with van der Waals surface area (Å²) < 4.78 is 12.8. The van der Waals surface area contributed by atoms with Crippen LogP contribution >= 0.6 is 15.9 Å². The summed E-state index contributed by atoms with van der Waals surface area (Å²) in [6.45, 7) is 4.28. The Bertz CT molecular complexity index is 630. The fourth-order valence-corrected chi connectivity index (χ4v) is 2.60. The molecule has 1 aliphatic rings. The van der Waals surface area contributed by atoms with Crippen molar-refractivity contribution >= 4 is 15.9 Å². The number of fused-ring (bicyclic) bond motifs is 1. The monoisotopic (exact) mass is 347 g/mol. The van der Waals surface area contributed by atoms with Crippen LogP contribution in [0.1, 0.15) is 11.1 Å². The van der Waals surface area contributed by atoms with Crippen LogP contribution in [0.4, 0.5) is 0 Å². The number of para-hydroxylation sites is 2. The molecule has 21 heavy (non-hydrogen) atoms. The van der Waals surface area contributed by atoms with Gasteiger partial charge in [-0.1, -0.05) is 40.2 Å². The average Bonchev–Trinajstić information content (AvgIpc) is 2.51. The van der Waals surface area contributed by atoms with Gasteiger partial charge in [0.1, 0.15) is 12.7 Å². The van der Waals surface area contributed by atoms with Crippen LogP contribution in [0.15, 0.2) is 46.9 Å². The molecule has 0 aliphatic carbocycles. The first kappa shape index (κ1) is 14.4. The Morgan fingerprint density at radius 3 is 2.81 bits per heavy atom. The standard InChI is InChI=1S/C17H18BrNO2/c1-12-8-13(6-7-15(12)18)9-19-10-14-11-20-16-4-2-3-5-17(16)21-14/h2-8,14,19H,9-11H2,1H3. The molecule has 1 atom stereocenters. The molecule has 0 aromatic heterocycles. The molecule has 0 spiro atoms. The molecule has 1 heterocycles. The molecule has 0 bridgehead atoms. The topological polar surface area (TPSA) is 30.5 Å². The van der Waals surface area contributed by atoms with Crippen molar-refractivity contribution in [2.45, 2.75) is 19.6 Å². The maximum Gasteiger partial charge on any atom is 0.161 e. The van der Waals surface area contributed by atoms with Crippen LogP contribution in [0.5, 0.6) is 11.5 Å². The number of hydrogen-bond donors (Lipinski definition) is 1. The largest absolute Gasteiger partial charge is 0.486 e. The molecule has 1 N–H and O–H groups in total. The van der Waals surface area contributed by atoms with E-state index in [4.69, 9.17) is 9.47 Å². The number of nitrogens with one attached hydrogen (secondary N) is 1. The lowest BCUT2D eigenvalue weighted by molar-refractivity contribution is 0.0902. The van der Waals surface area contributed by atoms with Crippen molar-refractivity contribution in [2.75, 3.05) is 13.2 Å². The van der Waals surface area contributed by atoms with E-state index < -0.39 is 0 Å². The summed E-state index contributed by atoms with van der Waals surface area (Å²) in [7, 11) is 0. The normalized spacial score (nSPS) is 16.8. The second-order valence-electron chi connectivity index (χ2n) is 5.21. The van der Waals surface area contributed by atoms with E-state index in [9.17, 15) is 0 Å². The Labute approximate surface area is 133 Å². The van der Waals surface area contributed by atoms with Gasteiger partial charge in [-0.3, -0.25) is 0 Å². The number of aryl methyl sites for hydroxylation is 1. The molecule has 2 aromatic carbocycles. The summed E-state index contributed by atoms with van der Waals surface area (Å²) in [6.07, 6.45) is 0.0523. The molecule has 0 saturated carbocycles. The first-order valence-corrected chi connectivity index (χ1v) is 7.86. The fourth-order valence-electron chi connectivity index (χ4n) is 2.36. The SMILES string of the molecule is Cc1cc(CNCC2COc3ccccc3O2)ccc1Br. The summed E-state index contributed by atoms with van der Waals surface area (Å²) >= 11 is 3.52. The van der Waals surface area contributed by atoms with E-state index >= 15 is 0 Å². The zero-order valence-corrected chi connectivity index (χ0v) is 13.5. The third-order valence-electron chi connectivity index (χ3n) is 3.49. The molecule has 3 nitrogen and oxygen atoms in total. The summed E-state index contributed by atoms with van der Waals surface area (Å²) in [5.41, 5.74) is 2.52. The molecular weight excluding hydrogens is 330 g/mol. The Hall–Kier alpha value is -1.52. The molecule has 110 valence electrons. The third kappa shape index (κ3) is 3.57. The van der Waals surface area contributed by atoms with Crippen LogP contribution in [0, 0.1) is 6.92 Å². The van der Waals surface area contributed by atoms with E-state index in [1.165, 1.54) is 11.1 Å². The molecule has 0 fully saturated rings. The van der Waals surface area contributed by atoms with Gasteiger partial charge in [0.2, 0.25) is 0 Å². The lowest BCUT2D eigenvalue weighted by Gasteiger charge is -2.26. The van der Waals surface area contributed by atoms with E-state index in [-0.39, 0.29) is 6.10 Å². The van der Waals surface area contributed by atoms with Crippen molar-refractivity contribution in [3.8, 4) is 11.5 Å². The maximum atomic E-state index is 5.92. The van der Waals surface area contributed by atoms with Gasteiger partial charge in [-0.25, -0.2) is 0 Å². The zero-order valence-electron chi connectivity index (χ0n) is 11.9. The summed E-state index contributed by atoms with van der Waals surface area (Å²) in [6, 6.07) is 14.2. The minimum Gasteiger partial charge on any atom is -0.486 e. The van der Waals surface area contributed by atoms with Crippen molar-refractivity contribution in [3.63, 3.8) is 0 Å². The first-order chi connectivity index (χ1) is 10.2. The number of rotatable bonds is 4. The van der Waals surface area contributed by atoms with E-state index in [2.05, 4.69) is 46.4 Å². The number of halogens is 1. The van der Waals surface area contributed by atoms with E-state index in [1.807, 2.05) is 24.3 Å². The lowest BCUT2D eigenvalue weighted by atomic mass is 10.1. The zero-order chi connectivity index (χ0) is 14.7. The molecule has 0 saturated heterocycles. The van der Waals surface area contributed by atoms with Gasteiger partial charge in [0.05, 0.1) is 0 Å². The van der Waals surface area contributed by atoms with E-state index in [0.717, 1.165) is 29.1 Å². The molecule has 0 amide bonds. The Morgan fingerprint density at radius 2 is 2.00 bits per heavy atom. The predicted molar refractivity (Wildman–Crippen MR) is 86.9 cm³/mol. The van der Waals surface area contributed by atoms with Crippen LogP contribution < -0.4 is 14.8 Å². The van der Waals surface area contributed by atoms with E-state index in [1.54, 1.807) is 0 Å². The van der Waals surface area contributed by atoms with Gasteiger partial charge in [-0.15, -0.1) is 0 Å². The molecule has 4 heteroatoms. The minimum absolute atomic E-state index is 0.0523.